The van der Waals surface area contributed by atoms with Crippen LogP contribution >= 0.6 is 0 Å². The van der Waals surface area contributed by atoms with Crippen LogP contribution in [-0.4, -0.2) is 66.3 Å². The summed E-state index contributed by atoms with van der Waals surface area (Å²) in [5, 5.41) is 2.28. The normalized spacial score (nSPS) is 23.6. The number of imide groups is 1. The molecule has 1 unspecified atom stereocenters. The van der Waals surface area contributed by atoms with Gasteiger partial charge < -0.3 is 14.7 Å². The van der Waals surface area contributed by atoms with Gasteiger partial charge in [-0.15, -0.1) is 0 Å². The average molecular weight is 374 g/mol. The summed E-state index contributed by atoms with van der Waals surface area (Å²) in [7, 11) is 0. The lowest BCUT2D eigenvalue weighted by Gasteiger charge is -2.35. The Bertz CT molecular complexity index is 804. The van der Waals surface area contributed by atoms with E-state index in [1.165, 1.54) is 11.0 Å². The van der Waals surface area contributed by atoms with E-state index in [0.717, 1.165) is 38.3 Å². The molecule has 2 fully saturated rings. The lowest BCUT2D eigenvalue weighted by molar-refractivity contribution is -0.136. The number of halogens is 1. The van der Waals surface area contributed by atoms with Crippen molar-refractivity contribution in [2.45, 2.75) is 32.4 Å². The number of hydrogen-bond acceptors (Lipinski definition) is 5. The first-order chi connectivity index (χ1) is 13.0. The molecule has 0 aromatic heterocycles. The fraction of sp³-hybridized carbons (Fsp3) is 0.526. The maximum absolute atomic E-state index is 14.7. The first kappa shape index (κ1) is 17.9. The van der Waals surface area contributed by atoms with E-state index in [0.29, 0.717) is 17.7 Å². The summed E-state index contributed by atoms with van der Waals surface area (Å²) in [6.07, 6.45) is 0.510. The minimum absolute atomic E-state index is 0.206. The van der Waals surface area contributed by atoms with Crippen LogP contribution < -0.4 is 10.2 Å². The Hall–Kier alpha value is -2.48. The van der Waals surface area contributed by atoms with Gasteiger partial charge in [-0.2, -0.15) is 0 Å². The summed E-state index contributed by atoms with van der Waals surface area (Å²) < 4.78 is 14.7. The van der Waals surface area contributed by atoms with Gasteiger partial charge in [0, 0.05) is 44.7 Å². The van der Waals surface area contributed by atoms with Crippen molar-refractivity contribution >= 4 is 23.4 Å². The molecule has 0 aliphatic carbocycles. The highest BCUT2D eigenvalue weighted by molar-refractivity contribution is 6.05. The van der Waals surface area contributed by atoms with Crippen LogP contribution in [0.1, 0.15) is 35.7 Å². The molecule has 3 aliphatic rings. The fourth-order valence-electron chi connectivity index (χ4n) is 4.12. The molecular weight excluding hydrogens is 351 g/mol. The molecule has 1 atom stereocenters. The number of rotatable bonds is 3. The molecule has 0 saturated carbocycles. The third-order valence-corrected chi connectivity index (χ3v) is 5.75. The number of fused-ring (bicyclic) bond motifs is 1. The van der Waals surface area contributed by atoms with Gasteiger partial charge in [0.25, 0.3) is 5.91 Å². The summed E-state index contributed by atoms with van der Waals surface area (Å²) in [5.41, 5.74) is 1.56. The Balaban J connectivity index is 1.55. The molecule has 1 N–H and O–H groups in total. The van der Waals surface area contributed by atoms with Gasteiger partial charge in [0.2, 0.25) is 11.8 Å². The highest BCUT2D eigenvalue weighted by Crippen LogP contribution is 2.32. The number of nitrogens with zero attached hydrogens (tertiary/aromatic N) is 3. The van der Waals surface area contributed by atoms with Crippen molar-refractivity contribution in [2.75, 3.05) is 37.6 Å². The predicted molar refractivity (Wildman–Crippen MR) is 96.8 cm³/mol. The molecule has 27 heavy (non-hydrogen) atoms. The van der Waals surface area contributed by atoms with Crippen molar-refractivity contribution in [3.05, 3.63) is 29.1 Å². The highest BCUT2D eigenvalue weighted by atomic mass is 19.1. The number of piperazine rings is 1. The van der Waals surface area contributed by atoms with Crippen LogP contribution in [0.2, 0.25) is 0 Å². The Morgan fingerprint density at radius 3 is 2.56 bits per heavy atom. The topological polar surface area (TPSA) is 73.0 Å². The van der Waals surface area contributed by atoms with E-state index in [2.05, 4.69) is 17.1 Å². The summed E-state index contributed by atoms with van der Waals surface area (Å²) in [5.74, 6) is -1.53. The lowest BCUT2D eigenvalue weighted by Crippen LogP contribution is -2.52. The number of anilines is 1. The van der Waals surface area contributed by atoms with E-state index < -0.39 is 17.8 Å². The molecule has 1 aromatic rings. The van der Waals surface area contributed by atoms with Gasteiger partial charge in [0.1, 0.15) is 11.9 Å². The van der Waals surface area contributed by atoms with E-state index in [1.54, 1.807) is 6.07 Å². The zero-order valence-electron chi connectivity index (χ0n) is 15.3. The molecule has 0 radical (unpaired) electrons. The third kappa shape index (κ3) is 3.18. The van der Waals surface area contributed by atoms with Crippen molar-refractivity contribution in [1.82, 2.24) is 15.1 Å². The van der Waals surface area contributed by atoms with Gasteiger partial charge in [-0.1, -0.05) is 6.92 Å². The summed E-state index contributed by atoms with van der Waals surface area (Å²) in [4.78, 5) is 42.0. The number of piperidine rings is 1. The third-order valence-electron chi connectivity index (χ3n) is 5.75. The second kappa shape index (κ2) is 6.92. The zero-order chi connectivity index (χ0) is 19.1. The maximum atomic E-state index is 14.7. The second-order valence-corrected chi connectivity index (χ2v) is 7.28. The van der Waals surface area contributed by atoms with Gasteiger partial charge >= 0.3 is 0 Å². The molecule has 144 valence electrons. The zero-order valence-corrected chi connectivity index (χ0v) is 15.3. The van der Waals surface area contributed by atoms with E-state index >= 15 is 0 Å². The number of benzene rings is 1. The molecule has 0 spiro atoms. The van der Waals surface area contributed by atoms with Gasteiger partial charge in [-0.25, -0.2) is 4.39 Å². The molecule has 3 aliphatic heterocycles. The molecule has 3 heterocycles. The van der Waals surface area contributed by atoms with Crippen LogP contribution in [0.15, 0.2) is 12.1 Å². The van der Waals surface area contributed by atoms with Gasteiger partial charge in [-0.05, 0) is 30.7 Å². The van der Waals surface area contributed by atoms with E-state index in [-0.39, 0.29) is 24.8 Å². The SMILES string of the molecule is CCN1CCN(c2cc3c(cc2F)C(=O)N(C2CCC(=O)NC2=O)C3)CC1. The summed E-state index contributed by atoms with van der Waals surface area (Å²) >= 11 is 0. The molecule has 2 saturated heterocycles. The van der Waals surface area contributed by atoms with Crippen LogP contribution in [0.4, 0.5) is 10.1 Å². The van der Waals surface area contributed by atoms with Crippen molar-refractivity contribution < 1.29 is 18.8 Å². The van der Waals surface area contributed by atoms with Crippen LogP contribution in [0.3, 0.4) is 0 Å². The number of hydrogen-bond donors (Lipinski definition) is 1. The first-order valence-electron chi connectivity index (χ1n) is 9.42. The van der Waals surface area contributed by atoms with Crippen LogP contribution in [0.25, 0.3) is 0 Å². The van der Waals surface area contributed by atoms with Crippen molar-refractivity contribution in [3.63, 3.8) is 0 Å². The highest BCUT2D eigenvalue weighted by Gasteiger charge is 2.39. The molecule has 1 aromatic carbocycles. The van der Waals surface area contributed by atoms with Crippen LogP contribution in [0.5, 0.6) is 0 Å². The molecule has 8 heteroatoms. The fourth-order valence-corrected chi connectivity index (χ4v) is 4.12. The molecule has 7 nitrogen and oxygen atoms in total. The number of amides is 3. The minimum atomic E-state index is -0.679. The summed E-state index contributed by atoms with van der Waals surface area (Å²) in [6.45, 7) is 6.62. The number of carbonyl (C=O) groups is 3. The van der Waals surface area contributed by atoms with Crippen LogP contribution in [-0.2, 0) is 16.1 Å². The van der Waals surface area contributed by atoms with Gasteiger partial charge in [0.05, 0.1) is 5.69 Å². The molecule has 0 bridgehead atoms. The van der Waals surface area contributed by atoms with Gasteiger partial charge in [-0.3, -0.25) is 19.7 Å². The number of carbonyl (C=O) groups excluding carboxylic acids is 3. The van der Waals surface area contributed by atoms with Crippen molar-refractivity contribution in [2.24, 2.45) is 0 Å². The van der Waals surface area contributed by atoms with E-state index in [4.69, 9.17) is 0 Å². The Morgan fingerprint density at radius 2 is 1.89 bits per heavy atom. The lowest BCUT2D eigenvalue weighted by atomic mass is 10.0. The maximum Gasteiger partial charge on any atom is 0.255 e. The smallest absolute Gasteiger partial charge is 0.255 e. The standard InChI is InChI=1S/C19H23FN4O3/c1-2-22-5-7-23(8-6-22)16-9-12-11-24(19(27)13(12)10-14(16)20)15-3-4-17(25)21-18(15)26/h9-10,15H,2-8,11H2,1H3,(H,21,25,26). The molecule has 3 amide bonds. The van der Waals surface area contributed by atoms with Gasteiger partial charge in [0.15, 0.2) is 0 Å². The average Bonchev–Trinajstić information content (AvgIpc) is 2.97. The van der Waals surface area contributed by atoms with E-state index in [1.807, 2.05) is 4.90 Å². The Morgan fingerprint density at radius 1 is 1.15 bits per heavy atom. The van der Waals surface area contributed by atoms with Crippen molar-refractivity contribution in [1.29, 1.82) is 0 Å². The first-order valence-corrected chi connectivity index (χ1v) is 9.42. The van der Waals surface area contributed by atoms with Crippen LogP contribution in [0, 0.1) is 5.82 Å². The monoisotopic (exact) mass is 374 g/mol. The second-order valence-electron chi connectivity index (χ2n) is 7.28. The summed E-state index contributed by atoms with van der Waals surface area (Å²) in [6, 6.07) is 2.36. The van der Waals surface area contributed by atoms with E-state index in [9.17, 15) is 18.8 Å². The number of likely N-dealkylation sites (N-methyl/N-ethyl adjacent to an activating group) is 1. The predicted octanol–water partition coefficient (Wildman–Crippen LogP) is 0.729. The Labute approximate surface area is 157 Å². The molecular formula is C19H23FN4O3. The Kier molecular flexibility index (Phi) is 4.59. The molecule has 4 rings (SSSR count). The number of nitrogens with one attached hydrogen (secondary N) is 1. The van der Waals surface area contributed by atoms with Crippen molar-refractivity contribution in [3.8, 4) is 0 Å². The quantitative estimate of drug-likeness (QED) is 0.790. The largest absolute Gasteiger partial charge is 0.367 e. The minimum Gasteiger partial charge on any atom is -0.367 e.